The first-order chi connectivity index (χ1) is 8.53. The molecule has 1 rings (SSSR count). The molecule has 0 aliphatic carbocycles. The fourth-order valence-electron chi connectivity index (χ4n) is 2.66. The maximum Gasteiger partial charge on any atom is 0.329 e. The molecule has 18 heavy (non-hydrogen) atoms. The Morgan fingerprint density at radius 3 is 2.56 bits per heavy atom. The lowest BCUT2D eigenvalue weighted by Gasteiger charge is -2.39. The lowest BCUT2D eigenvalue weighted by atomic mass is 9.75. The SMILES string of the molecule is C=CCCC(NC(C)=O)(C(=O)O)C1CCNCC1. The maximum atomic E-state index is 11.7. The number of carboxylic acid groups (broad SMARTS) is 1. The summed E-state index contributed by atoms with van der Waals surface area (Å²) in [7, 11) is 0. The van der Waals surface area contributed by atoms with Gasteiger partial charge in [0.2, 0.25) is 5.91 Å². The topological polar surface area (TPSA) is 78.4 Å². The predicted molar refractivity (Wildman–Crippen MR) is 69.2 cm³/mol. The van der Waals surface area contributed by atoms with E-state index >= 15 is 0 Å². The highest BCUT2D eigenvalue weighted by Crippen LogP contribution is 2.31. The lowest BCUT2D eigenvalue weighted by molar-refractivity contribution is -0.151. The number of carbonyl (C=O) groups excluding carboxylic acids is 1. The van der Waals surface area contributed by atoms with Gasteiger partial charge in [-0.2, -0.15) is 0 Å². The minimum absolute atomic E-state index is 0.0277. The maximum absolute atomic E-state index is 11.7. The summed E-state index contributed by atoms with van der Waals surface area (Å²) in [5.74, 6) is -1.26. The third-order valence-electron chi connectivity index (χ3n) is 3.56. The zero-order valence-electron chi connectivity index (χ0n) is 10.9. The highest BCUT2D eigenvalue weighted by molar-refractivity contribution is 5.86. The van der Waals surface area contributed by atoms with Crippen LogP contribution in [0.2, 0.25) is 0 Å². The molecule has 1 heterocycles. The number of carboxylic acids is 1. The number of amides is 1. The molecule has 1 amide bonds. The Morgan fingerprint density at radius 1 is 1.50 bits per heavy atom. The number of hydrogen-bond acceptors (Lipinski definition) is 3. The molecule has 0 aromatic heterocycles. The second-order valence-electron chi connectivity index (χ2n) is 4.81. The number of rotatable bonds is 6. The van der Waals surface area contributed by atoms with Gasteiger partial charge in [0, 0.05) is 6.92 Å². The number of hydrogen-bond donors (Lipinski definition) is 3. The Hall–Kier alpha value is -1.36. The van der Waals surface area contributed by atoms with Gasteiger partial charge in [0.05, 0.1) is 0 Å². The van der Waals surface area contributed by atoms with Gasteiger partial charge in [-0.3, -0.25) is 4.79 Å². The Balaban J connectivity index is 2.96. The molecule has 0 saturated carbocycles. The van der Waals surface area contributed by atoms with Crippen LogP contribution in [0, 0.1) is 5.92 Å². The second-order valence-corrected chi connectivity index (χ2v) is 4.81. The molecule has 1 saturated heterocycles. The molecule has 0 spiro atoms. The van der Waals surface area contributed by atoms with Crippen molar-refractivity contribution in [2.24, 2.45) is 5.92 Å². The second kappa shape index (κ2) is 6.54. The van der Waals surface area contributed by atoms with Crippen LogP contribution in [0.5, 0.6) is 0 Å². The van der Waals surface area contributed by atoms with Crippen molar-refractivity contribution < 1.29 is 14.7 Å². The van der Waals surface area contributed by atoms with Gasteiger partial charge < -0.3 is 15.7 Å². The Morgan fingerprint density at radius 2 is 2.11 bits per heavy atom. The van der Waals surface area contributed by atoms with Crippen LogP contribution in [0.25, 0.3) is 0 Å². The number of nitrogens with one attached hydrogen (secondary N) is 2. The average molecular weight is 254 g/mol. The molecule has 1 unspecified atom stereocenters. The van der Waals surface area contributed by atoms with E-state index in [4.69, 9.17) is 0 Å². The van der Waals surface area contributed by atoms with Crippen LogP contribution in [0.15, 0.2) is 12.7 Å². The third kappa shape index (κ3) is 3.32. The molecule has 102 valence electrons. The van der Waals surface area contributed by atoms with E-state index in [2.05, 4.69) is 17.2 Å². The molecule has 0 bridgehead atoms. The fourth-order valence-corrected chi connectivity index (χ4v) is 2.66. The molecular formula is C13H22N2O3. The van der Waals surface area contributed by atoms with Gasteiger partial charge in [0.25, 0.3) is 0 Å². The highest BCUT2D eigenvalue weighted by Gasteiger charge is 2.46. The van der Waals surface area contributed by atoms with E-state index in [0.717, 1.165) is 25.9 Å². The van der Waals surface area contributed by atoms with E-state index in [9.17, 15) is 14.7 Å². The van der Waals surface area contributed by atoms with Crippen LogP contribution in [0.4, 0.5) is 0 Å². The van der Waals surface area contributed by atoms with Crippen LogP contribution in [0.1, 0.15) is 32.6 Å². The van der Waals surface area contributed by atoms with Crippen LogP contribution in [0.3, 0.4) is 0 Å². The average Bonchev–Trinajstić information content (AvgIpc) is 2.34. The number of carbonyl (C=O) groups is 2. The largest absolute Gasteiger partial charge is 0.479 e. The molecule has 5 nitrogen and oxygen atoms in total. The van der Waals surface area contributed by atoms with Gasteiger partial charge in [-0.25, -0.2) is 4.79 Å². The van der Waals surface area contributed by atoms with E-state index < -0.39 is 11.5 Å². The van der Waals surface area contributed by atoms with Gasteiger partial charge in [0.1, 0.15) is 5.54 Å². The van der Waals surface area contributed by atoms with E-state index in [-0.39, 0.29) is 11.8 Å². The van der Waals surface area contributed by atoms with Crippen molar-refractivity contribution in [1.29, 1.82) is 0 Å². The quantitative estimate of drug-likeness (QED) is 0.616. The molecule has 1 aliphatic rings. The molecular weight excluding hydrogens is 232 g/mol. The summed E-state index contributed by atoms with van der Waals surface area (Å²) in [6, 6.07) is 0. The first-order valence-corrected chi connectivity index (χ1v) is 6.36. The monoisotopic (exact) mass is 254 g/mol. The summed E-state index contributed by atoms with van der Waals surface area (Å²) in [6.45, 7) is 6.60. The van der Waals surface area contributed by atoms with E-state index in [1.54, 1.807) is 6.08 Å². The van der Waals surface area contributed by atoms with E-state index in [1.165, 1.54) is 6.92 Å². The van der Waals surface area contributed by atoms with Gasteiger partial charge in [-0.15, -0.1) is 6.58 Å². The lowest BCUT2D eigenvalue weighted by Crippen LogP contribution is -2.60. The Kier molecular flexibility index (Phi) is 5.34. The summed E-state index contributed by atoms with van der Waals surface area (Å²) in [5, 5.41) is 15.5. The molecule has 3 N–H and O–H groups in total. The Bertz CT molecular complexity index is 324. The highest BCUT2D eigenvalue weighted by atomic mass is 16.4. The zero-order valence-corrected chi connectivity index (χ0v) is 10.9. The molecule has 0 aromatic rings. The van der Waals surface area contributed by atoms with Crippen LogP contribution < -0.4 is 10.6 Å². The Labute approximate surface area is 108 Å². The van der Waals surface area contributed by atoms with Crippen molar-refractivity contribution in [2.45, 2.75) is 38.1 Å². The molecule has 5 heteroatoms. The minimum Gasteiger partial charge on any atom is -0.479 e. The summed E-state index contributed by atoms with van der Waals surface area (Å²) in [4.78, 5) is 23.0. The third-order valence-corrected chi connectivity index (χ3v) is 3.56. The van der Waals surface area contributed by atoms with E-state index in [1.807, 2.05) is 0 Å². The number of piperidine rings is 1. The van der Waals surface area contributed by atoms with Crippen molar-refractivity contribution >= 4 is 11.9 Å². The summed E-state index contributed by atoms with van der Waals surface area (Å²) >= 11 is 0. The molecule has 0 radical (unpaired) electrons. The molecule has 0 aromatic carbocycles. The van der Waals surface area contributed by atoms with Gasteiger partial charge in [0.15, 0.2) is 0 Å². The van der Waals surface area contributed by atoms with Gasteiger partial charge in [-0.05, 0) is 44.7 Å². The summed E-state index contributed by atoms with van der Waals surface area (Å²) in [6.07, 6.45) is 4.21. The summed E-state index contributed by atoms with van der Waals surface area (Å²) < 4.78 is 0. The zero-order chi connectivity index (χ0) is 13.6. The number of allylic oxidation sites excluding steroid dienone is 1. The van der Waals surface area contributed by atoms with Gasteiger partial charge >= 0.3 is 5.97 Å². The first-order valence-electron chi connectivity index (χ1n) is 6.36. The van der Waals surface area contributed by atoms with Crippen molar-refractivity contribution in [1.82, 2.24) is 10.6 Å². The first kappa shape index (κ1) is 14.7. The van der Waals surface area contributed by atoms with Gasteiger partial charge in [-0.1, -0.05) is 6.08 Å². The van der Waals surface area contributed by atoms with Crippen LogP contribution >= 0.6 is 0 Å². The van der Waals surface area contributed by atoms with Crippen molar-refractivity contribution in [3.05, 3.63) is 12.7 Å². The normalized spacial score (nSPS) is 19.8. The smallest absolute Gasteiger partial charge is 0.329 e. The van der Waals surface area contributed by atoms with Crippen molar-refractivity contribution in [2.75, 3.05) is 13.1 Å². The fraction of sp³-hybridized carbons (Fsp3) is 0.692. The van der Waals surface area contributed by atoms with Crippen LogP contribution in [-0.2, 0) is 9.59 Å². The number of aliphatic carboxylic acids is 1. The van der Waals surface area contributed by atoms with Crippen molar-refractivity contribution in [3.8, 4) is 0 Å². The molecule has 1 fully saturated rings. The standard InChI is InChI=1S/C13H22N2O3/c1-3-4-7-13(12(17)18,15-10(2)16)11-5-8-14-9-6-11/h3,11,14H,1,4-9H2,2H3,(H,15,16)(H,17,18). The molecule has 1 atom stereocenters. The summed E-state index contributed by atoms with van der Waals surface area (Å²) in [5.41, 5.74) is -1.15. The predicted octanol–water partition coefficient (Wildman–Crippen LogP) is 0.912. The van der Waals surface area contributed by atoms with E-state index in [0.29, 0.717) is 12.8 Å². The van der Waals surface area contributed by atoms with Crippen LogP contribution in [-0.4, -0.2) is 35.6 Å². The minimum atomic E-state index is -1.15. The molecule has 1 aliphatic heterocycles. The van der Waals surface area contributed by atoms with Crippen molar-refractivity contribution in [3.63, 3.8) is 0 Å².